The Balaban J connectivity index is 2.07. The van der Waals surface area contributed by atoms with Crippen molar-refractivity contribution in [1.29, 1.82) is 0 Å². The highest BCUT2D eigenvalue weighted by atomic mass is 16.5. The van der Waals surface area contributed by atoms with Gasteiger partial charge in [-0.25, -0.2) is 0 Å². The third-order valence-electron chi connectivity index (χ3n) is 5.28. The lowest BCUT2D eigenvalue weighted by molar-refractivity contribution is 0.0828. The summed E-state index contributed by atoms with van der Waals surface area (Å²) >= 11 is 0. The first kappa shape index (κ1) is 22.9. The van der Waals surface area contributed by atoms with Crippen molar-refractivity contribution in [2.24, 2.45) is 0 Å². The smallest absolute Gasteiger partial charge is 0.120 e. The van der Waals surface area contributed by atoms with Gasteiger partial charge in [0.15, 0.2) is 0 Å². The highest BCUT2D eigenvalue weighted by Crippen LogP contribution is 2.22. The normalized spacial score (nSPS) is 12.6. The van der Waals surface area contributed by atoms with Crippen LogP contribution in [0.4, 0.5) is 0 Å². The van der Waals surface area contributed by atoms with Crippen LogP contribution in [0, 0.1) is 0 Å². The van der Waals surface area contributed by atoms with Crippen molar-refractivity contribution < 1.29 is 20.1 Å². The number of hydrogen-bond acceptors (Lipinski definition) is 4. The molecule has 0 bridgehead atoms. The van der Waals surface area contributed by atoms with Crippen molar-refractivity contribution >= 4 is 5.57 Å². The summed E-state index contributed by atoms with van der Waals surface area (Å²) in [4.78, 5) is 0. The van der Waals surface area contributed by atoms with Crippen molar-refractivity contribution in [3.05, 3.63) is 82.9 Å². The summed E-state index contributed by atoms with van der Waals surface area (Å²) in [6, 6.07) is 13.5. The van der Waals surface area contributed by atoms with Crippen LogP contribution in [-0.2, 0) is 19.8 Å². The van der Waals surface area contributed by atoms with E-state index in [2.05, 4.69) is 12.1 Å². The van der Waals surface area contributed by atoms with E-state index in [4.69, 9.17) is 4.74 Å². The lowest BCUT2D eigenvalue weighted by Gasteiger charge is -2.19. The highest BCUT2D eigenvalue weighted by molar-refractivity contribution is 5.65. The van der Waals surface area contributed by atoms with Gasteiger partial charge in [-0.2, -0.15) is 0 Å². The van der Waals surface area contributed by atoms with Gasteiger partial charge in [-0.3, -0.25) is 0 Å². The number of ether oxygens (including phenoxy) is 1. The summed E-state index contributed by atoms with van der Waals surface area (Å²) in [5.74, 6) is 0.658. The maximum atomic E-state index is 10.3. The van der Waals surface area contributed by atoms with Gasteiger partial charge in [0.25, 0.3) is 0 Å². The molecule has 0 atom stereocenters. The van der Waals surface area contributed by atoms with Crippen molar-refractivity contribution in [1.82, 2.24) is 0 Å². The summed E-state index contributed by atoms with van der Waals surface area (Å²) in [5, 5.41) is 29.0. The zero-order chi connectivity index (χ0) is 21.3. The van der Waals surface area contributed by atoms with E-state index in [9.17, 15) is 15.3 Å². The number of rotatable bonds is 10. The second-order valence-electron chi connectivity index (χ2n) is 7.26. The van der Waals surface area contributed by atoms with Crippen LogP contribution >= 0.6 is 0 Å². The van der Waals surface area contributed by atoms with Gasteiger partial charge in [-0.15, -0.1) is 0 Å². The molecule has 2 aromatic carbocycles. The molecule has 0 fully saturated rings. The number of aliphatic hydroxyl groups excluding tert-OH is 2. The number of allylic oxidation sites excluding steroid dienone is 3. The molecule has 4 heteroatoms. The molecule has 3 N–H and O–H groups in total. The molecule has 156 valence electrons. The van der Waals surface area contributed by atoms with E-state index < -0.39 is 5.60 Å². The average molecular weight is 397 g/mol. The minimum absolute atomic E-state index is 0.105. The van der Waals surface area contributed by atoms with Crippen molar-refractivity contribution in [3.8, 4) is 5.75 Å². The Morgan fingerprint density at radius 3 is 2.38 bits per heavy atom. The molecule has 0 spiro atoms. The van der Waals surface area contributed by atoms with Crippen LogP contribution in [0.5, 0.6) is 5.75 Å². The predicted molar refractivity (Wildman–Crippen MR) is 117 cm³/mol. The van der Waals surface area contributed by atoms with Gasteiger partial charge in [0.05, 0.1) is 18.8 Å². The summed E-state index contributed by atoms with van der Waals surface area (Å²) in [7, 11) is 0. The molecule has 0 heterocycles. The molecular formula is C25H32O4. The van der Waals surface area contributed by atoms with Crippen LogP contribution in [0.25, 0.3) is 5.57 Å². The molecular weight excluding hydrogens is 364 g/mol. The molecule has 0 aromatic heterocycles. The fourth-order valence-corrected chi connectivity index (χ4v) is 3.02. The minimum Gasteiger partial charge on any atom is -0.489 e. The van der Waals surface area contributed by atoms with Gasteiger partial charge in [0.1, 0.15) is 12.4 Å². The molecule has 0 aliphatic heterocycles. The first-order valence-corrected chi connectivity index (χ1v) is 10.1. The van der Waals surface area contributed by atoms with Crippen LogP contribution in [0.15, 0.2) is 60.7 Å². The summed E-state index contributed by atoms with van der Waals surface area (Å²) in [6.07, 6.45) is 7.17. The second-order valence-corrected chi connectivity index (χ2v) is 7.26. The molecule has 0 amide bonds. The van der Waals surface area contributed by atoms with Crippen molar-refractivity contribution in [2.45, 2.75) is 59.0 Å². The topological polar surface area (TPSA) is 69.9 Å². The molecule has 2 aromatic rings. The Bertz CT molecular complexity index is 848. The molecule has 29 heavy (non-hydrogen) atoms. The largest absolute Gasteiger partial charge is 0.489 e. The monoisotopic (exact) mass is 396 g/mol. The molecule has 2 rings (SSSR count). The first-order valence-electron chi connectivity index (χ1n) is 10.1. The van der Waals surface area contributed by atoms with Crippen LogP contribution in [0.3, 0.4) is 0 Å². The van der Waals surface area contributed by atoms with Crippen LogP contribution < -0.4 is 4.74 Å². The SMILES string of the molecule is CCC(O)(/C=C/C=C(/C)c1cccc(COc2ccc(CO)c(CO)c2)c1)CC. The summed E-state index contributed by atoms with van der Waals surface area (Å²) < 4.78 is 5.86. The number of hydrogen-bond donors (Lipinski definition) is 3. The van der Waals surface area contributed by atoms with Gasteiger partial charge in [0, 0.05) is 0 Å². The predicted octanol–water partition coefficient (Wildman–Crippen LogP) is 4.76. The third kappa shape index (κ3) is 6.57. The van der Waals surface area contributed by atoms with E-state index in [0.29, 0.717) is 36.3 Å². The van der Waals surface area contributed by atoms with Gasteiger partial charge >= 0.3 is 0 Å². The Morgan fingerprint density at radius 1 is 1.00 bits per heavy atom. The van der Waals surface area contributed by atoms with Crippen LogP contribution in [0.1, 0.15) is 55.9 Å². The van der Waals surface area contributed by atoms with Crippen molar-refractivity contribution in [2.75, 3.05) is 0 Å². The van der Waals surface area contributed by atoms with Crippen LogP contribution in [0.2, 0.25) is 0 Å². The fourth-order valence-electron chi connectivity index (χ4n) is 3.02. The standard InChI is InChI=1S/C25H32O4/c1-4-25(28,5-2)13-7-8-19(3)21-10-6-9-20(14-21)18-29-24-12-11-22(16-26)23(15-24)17-27/h6-15,26-28H,4-5,16-18H2,1-3H3/b13-7+,19-8-. The third-order valence-corrected chi connectivity index (χ3v) is 5.28. The maximum Gasteiger partial charge on any atom is 0.120 e. The number of benzene rings is 2. The van der Waals surface area contributed by atoms with Gasteiger partial charge in [-0.05, 0) is 65.8 Å². The number of aliphatic hydroxyl groups is 3. The minimum atomic E-state index is -0.745. The Labute approximate surface area is 173 Å². The first-order chi connectivity index (χ1) is 13.9. The van der Waals surface area contributed by atoms with Gasteiger partial charge in [-0.1, -0.05) is 56.3 Å². The summed E-state index contributed by atoms with van der Waals surface area (Å²) in [5.41, 5.74) is 3.86. The Morgan fingerprint density at radius 2 is 1.72 bits per heavy atom. The highest BCUT2D eigenvalue weighted by Gasteiger charge is 2.16. The second kappa shape index (κ2) is 11.0. The van der Waals surface area contributed by atoms with E-state index >= 15 is 0 Å². The summed E-state index contributed by atoms with van der Waals surface area (Å²) in [6.45, 7) is 6.18. The van der Waals surface area contributed by atoms with E-state index in [1.807, 2.05) is 51.1 Å². The van der Waals surface area contributed by atoms with Gasteiger partial charge in [0.2, 0.25) is 0 Å². The average Bonchev–Trinajstić information content (AvgIpc) is 2.77. The lowest BCUT2D eigenvalue weighted by atomic mass is 9.96. The lowest BCUT2D eigenvalue weighted by Crippen LogP contribution is -2.22. The Kier molecular flexibility index (Phi) is 8.65. The van der Waals surface area contributed by atoms with E-state index in [0.717, 1.165) is 16.7 Å². The molecule has 0 unspecified atom stereocenters. The van der Waals surface area contributed by atoms with E-state index in [-0.39, 0.29) is 13.2 Å². The molecule has 4 nitrogen and oxygen atoms in total. The van der Waals surface area contributed by atoms with Gasteiger partial charge < -0.3 is 20.1 Å². The van der Waals surface area contributed by atoms with Crippen LogP contribution in [-0.4, -0.2) is 20.9 Å². The van der Waals surface area contributed by atoms with E-state index in [1.165, 1.54) is 0 Å². The Hall–Kier alpha value is -2.40. The maximum absolute atomic E-state index is 10.3. The molecule has 0 aliphatic carbocycles. The quantitative estimate of drug-likeness (QED) is 0.507. The zero-order valence-corrected chi connectivity index (χ0v) is 17.6. The zero-order valence-electron chi connectivity index (χ0n) is 17.6. The van der Waals surface area contributed by atoms with Crippen molar-refractivity contribution in [3.63, 3.8) is 0 Å². The molecule has 0 radical (unpaired) electrons. The molecule has 0 saturated heterocycles. The molecule has 0 aliphatic rings. The molecule has 0 saturated carbocycles. The van der Waals surface area contributed by atoms with E-state index in [1.54, 1.807) is 18.2 Å². The fraction of sp³-hybridized carbons (Fsp3) is 0.360.